The van der Waals surface area contributed by atoms with Gasteiger partial charge in [0.15, 0.2) is 0 Å². The van der Waals surface area contributed by atoms with Gasteiger partial charge in [-0.25, -0.2) is 9.45 Å². The summed E-state index contributed by atoms with van der Waals surface area (Å²) in [6.07, 6.45) is 0. The zero-order valence-corrected chi connectivity index (χ0v) is 9.03. The standard InChI is InChI=1S/C2H4BrCl2O5P/c3-1-2-7-10-11(6,8-4)9-5/h1-2H2. The third-order valence-electron chi connectivity index (χ3n) is 0.474. The largest absolute Gasteiger partial charge is 0.535 e. The van der Waals surface area contributed by atoms with Crippen LogP contribution in [0.15, 0.2) is 0 Å². The first kappa shape index (κ1) is 12.1. The molecule has 0 rings (SSSR count). The van der Waals surface area contributed by atoms with Gasteiger partial charge in [0.1, 0.15) is 0 Å². The molecule has 0 aliphatic heterocycles. The van der Waals surface area contributed by atoms with E-state index in [1.807, 2.05) is 0 Å². The summed E-state index contributed by atoms with van der Waals surface area (Å²) in [5.74, 6) is 0. The van der Waals surface area contributed by atoms with Gasteiger partial charge >= 0.3 is 7.82 Å². The van der Waals surface area contributed by atoms with Gasteiger partial charge in [-0.2, -0.15) is 8.15 Å². The molecule has 5 nitrogen and oxygen atoms in total. The van der Waals surface area contributed by atoms with Crippen LogP contribution in [0.3, 0.4) is 0 Å². The van der Waals surface area contributed by atoms with Crippen LogP contribution >= 0.6 is 47.5 Å². The maximum Gasteiger partial charge on any atom is 0.535 e. The highest BCUT2D eigenvalue weighted by Gasteiger charge is 2.28. The second kappa shape index (κ2) is 6.62. The van der Waals surface area contributed by atoms with Gasteiger partial charge in [0.05, 0.1) is 30.3 Å². The van der Waals surface area contributed by atoms with Crippen molar-refractivity contribution in [2.45, 2.75) is 0 Å². The molecule has 0 aromatic rings. The normalized spacial score (nSPS) is 11.9. The zero-order valence-electron chi connectivity index (χ0n) is 5.04. The van der Waals surface area contributed by atoms with E-state index in [0.717, 1.165) is 0 Å². The lowest BCUT2D eigenvalue weighted by molar-refractivity contribution is -0.213. The lowest BCUT2D eigenvalue weighted by Crippen LogP contribution is -1.96. The Hall–Kier alpha value is 1.13. The zero-order chi connectivity index (χ0) is 8.74. The molecule has 0 bridgehead atoms. The van der Waals surface area contributed by atoms with Crippen molar-refractivity contribution < 1.29 is 22.3 Å². The van der Waals surface area contributed by atoms with Crippen LogP contribution in [0.4, 0.5) is 0 Å². The molecular formula is C2H4BrCl2O5P. The van der Waals surface area contributed by atoms with Crippen LogP contribution in [0.5, 0.6) is 0 Å². The van der Waals surface area contributed by atoms with Crippen molar-refractivity contribution in [3.63, 3.8) is 0 Å². The SMILES string of the molecule is O=P(OCl)(OCl)OOCCBr. The minimum absolute atomic E-state index is 0.157. The maximum atomic E-state index is 10.8. The third kappa shape index (κ3) is 5.38. The Kier molecular flexibility index (Phi) is 7.31. The maximum absolute atomic E-state index is 10.8. The van der Waals surface area contributed by atoms with Gasteiger partial charge in [0.2, 0.25) is 0 Å². The Morgan fingerprint density at radius 2 is 1.91 bits per heavy atom. The Balaban J connectivity index is 3.61. The van der Waals surface area contributed by atoms with E-state index in [-0.39, 0.29) is 6.61 Å². The van der Waals surface area contributed by atoms with Crippen molar-refractivity contribution >= 4 is 47.5 Å². The highest BCUT2D eigenvalue weighted by molar-refractivity contribution is 9.09. The van der Waals surface area contributed by atoms with Crippen molar-refractivity contribution in [2.75, 3.05) is 11.9 Å². The minimum Gasteiger partial charge on any atom is -0.226 e. The summed E-state index contributed by atoms with van der Waals surface area (Å²) in [4.78, 5) is 4.30. The van der Waals surface area contributed by atoms with E-state index in [2.05, 4.69) is 33.6 Å². The van der Waals surface area contributed by atoms with Crippen LogP contribution in [0.2, 0.25) is 0 Å². The first-order valence-electron chi connectivity index (χ1n) is 2.26. The number of halogens is 3. The number of phosphoric acid groups is 1. The number of hydrogen-bond donors (Lipinski definition) is 0. The van der Waals surface area contributed by atoms with Crippen molar-refractivity contribution in [1.29, 1.82) is 0 Å². The number of rotatable bonds is 6. The average molecular weight is 290 g/mol. The Morgan fingerprint density at radius 1 is 1.36 bits per heavy atom. The van der Waals surface area contributed by atoms with Gasteiger partial charge < -0.3 is 0 Å². The lowest BCUT2D eigenvalue weighted by Gasteiger charge is -2.06. The highest BCUT2D eigenvalue weighted by atomic mass is 79.9. The summed E-state index contributed by atoms with van der Waals surface area (Å²) in [6, 6.07) is 0. The first-order valence-corrected chi connectivity index (χ1v) is 5.46. The predicted molar refractivity (Wildman–Crippen MR) is 42.3 cm³/mol. The molecule has 0 radical (unpaired) electrons. The molecule has 9 heteroatoms. The molecule has 68 valence electrons. The first-order chi connectivity index (χ1) is 5.18. The van der Waals surface area contributed by atoms with E-state index >= 15 is 0 Å². The fourth-order valence-electron chi connectivity index (χ4n) is 0.167. The van der Waals surface area contributed by atoms with E-state index in [4.69, 9.17) is 23.7 Å². The molecule has 0 aromatic carbocycles. The number of hydrogen-bond acceptors (Lipinski definition) is 5. The molecule has 0 fully saturated rings. The second-order valence-electron chi connectivity index (χ2n) is 1.17. The van der Waals surface area contributed by atoms with E-state index in [1.54, 1.807) is 0 Å². The summed E-state index contributed by atoms with van der Waals surface area (Å²) in [7, 11) is -3.92. The van der Waals surface area contributed by atoms with E-state index in [0.29, 0.717) is 5.33 Å². The monoisotopic (exact) mass is 288 g/mol. The fourth-order valence-corrected chi connectivity index (χ4v) is 0.964. The quantitative estimate of drug-likeness (QED) is 0.247. The van der Waals surface area contributed by atoms with Gasteiger partial charge in [-0.05, 0) is 0 Å². The molecule has 0 amide bonds. The van der Waals surface area contributed by atoms with Crippen molar-refractivity contribution in [3.8, 4) is 0 Å². The molecule has 11 heavy (non-hydrogen) atoms. The average Bonchev–Trinajstić information content (AvgIpc) is 2.05. The molecule has 0 N–H and O–H groups in total. The van der Waals surface area contributed by atoms with Crippen LogP contribution < -0.4 is 0 Å². The van der Waals surface area contributed by atoms with Crippen molar-refractivity contribution in [1.82, 2.24) is 0 Å². The Morgan fingerprint density at radius 3 is 2.27 bits per heavy atom. The Bertz CT molecular complexity index is 136. The fraction of sp³-hybridized carbons (Fsp3) is 1.00. The third-order valence-corrected chi connectivity index (χ3v) is 2.44. The molecule has 0 unspecified atom stereocenters. The van der Waals surface area contributed by atoms with Crippen LogP contribution in [-0.2, 0) is 22.3 Å². The summed E-state index contributed by atoms with van der Waals surface area (Å²) in [5.41, 5.74) is 0. The molecule has 0 saturated carbocycles. The van der Waals surface area contributed by atoms with E-state index in [1.165, 1.54) is 0 Å². The van der Waals surface area contributed by atoms with Crippen molar-refractivity contribution in [3.05, 3.63) is 0 Å². The smallest absolute Gasteiger partial charge is 0.226 e. The summed E-state index contributed by atoms with van der Waals surface area (Å²) < 4.78 is 22.3. The topological polar surface area (TPSA) is 54.0 Å². The molecule has 0 aliphatic carbocycles. The highest BCUT2D eigenvalue weighted by Crippen LogP contribution is 2.51. The van der Waals surface area contributed by atoms with Gasteiger partial charge in [0, 0.05) is 5.33 Å². The molecule has 0 spiro atoms. The van der Waals surface area contributed by atoms with Gasteiger partial charge in [-0.1, -0.05) is 15.9 Å². The molecule has 0 atom stereocenters. The molecule has 0 aromatic heterocycles. The molecule has 0 saturated heterocycles. The van der Waals surface area contributed by atoms with Crippen molar-refractivity contribution in [2.24, 2.45) is 0 Å². The molecular weight excluding hydrogens is 286 g/mol. The summed E-state index contributed by atoms with van der Waals surface area (Å²) in [5, 5.41) is 0.498. The van der Waals surface area contributed by atoms with Crippen LogP contribution in [0.1, 0.15) is 0 Å². The Labute approximate surface area is 81.9 Å². The number of alkyl halides is 1. The second-order valence-corrected chi connectivity index (χ2v) is 4.11. The predicted octanol–water partition coefficient (Wildman–Crippen LogP) is 2.78. The summed E-state index contributed by atoms with van der Waals surface area (Å²) in [6.45, 7) is 0.157. The molecule has 0 heterocycles. The summed E-state index contributed by atoms with van der Waals surface area (Å²) >= 11 is 12.4. The minimum atomic E-state index is -3.92. The van der Waals surface area contributed by atoms with E-state index in [9.17, 15) is 4.57 Å². The van der Waals surface area contributed by atoms with Gasteiger partial charge in [-0.15, -0.1) is 4.67 Å². The van der Waals surface area contributed by atoms with Crippen LogP contribution in [0.25, 0.3) is 0 Å². The van der Waals surface area contributed by atoms with Gasteiger partial charge in [0.25, 0.3) is 0 Å². The van der Waals surface area contributed by atoms with Gasteiger partial charge in [-0.3, -0.25) is 0 Å². The van der Waals surface area contributed by atoms with Crippen LogP contribution in [-0.4, -0.2) is 11.9 Å². The van der Waals surface area contributed by atoms with E-state index < -0.39 is 7.82 Å². The van der Waals surface area contributed by atoms with Crippen LogP contribution in [0, 0.1) is 0 Å². The lowest BCUT2D eigenvalue weighted by atomic mass is 10.9. The molecule has 0 aliphatic rings.